The van der Waals surface area contributed by atoms with E-state index in [9.17, 15) is 4.79 Å². The summed E-state index contributed by atoms with van der Waals surface area (Å²) < 4.78 is 10.2. The Bertz CT molecular complexity index is 173. The Morgan fingerprint density at radius 2 is 2.25 bits per heavy atom. The summed E-state index contributed by atoms with van der Waals surface area (Å²) >= 11 is 0. The summed E-state index contributed by atoms with van der Waals surface area (Å²) in [5, 5.41) is 2.87. The number of hydrogen-bond acceptors (Lipinski definition) is 3. The van der Waals surface area contributed by atoms with Crippen molar-refractivity contribution >= 4 is 5.91 Å². The molecule has 2 fully saturated rings. The average molecular weight is 171 g/mol. The number of rotatable bonds is 2. The van der Waals surface area contributed by atoms with Gasteiger partial charge in [0.1, 0.15) is 6.10 Å². The minimum absolute atomic E-state index is 0.0285. The van der Waals surface area contributed by atoms with Crippen molar-refractivity contribution in [2.75, 3.05) is 19.8 Å². The van der Waals surface area contributed by atoms with E-state index in [1.165, 1.54) is 0 Å². The van der Waals surface area contributed by atoms with Crippen LogP contribution in [-0.2, 0) is 14.3 Å². The van der Waals surface area contributed by atoms with Gasteiger partial charge in [-0.15, -0.1) is 0 Å². The van der Waals surface area contributed by atoms with Gasteiger partial charge in [0, 0.05) is 6.61 Å². The second kappa shape index (κ2) is 3.41. The summed E-state index contributed by atoms with van der Waals surface area (Å²) in [6.45, 7) is 2.02. The molecule has 2 heterocycles. The average Bonchev–Trinajstić information content (AvgIpc) is 2.47. The predicted molar refractivity (Wildman–Crippen MR) is 41.7 cm³/mol. The number of amides is 1. The van der Waals surface area contributed by atoms with E-state index in [1.807, 2.05) is 0 Å². The highest BCUT2D eigenvalue weighted by Crippen LogP contribution is 2.12. The standard InChI is InChI=1S/C8H13NO3/c10-8(7-2-1-3-12-7)9-6-4-11-5-6/h6-7H,1-5H2,(H,9,10)/t7-/m1/s1. The molecular weight excluding hydrogens is 158 g/mol. The first-order valence-corrected chi connectivity index (χ1v) is 4.36. The van der Waals surface area contributed by atoms with Crippen LogP contribution < -0.4 is 5.32 Å². The van der Waals surface area contributed by atoms with Gasteiger partial charge in [0.25, 0.3) is 0 Å². The molecule has 2 saturated heterocycles. The van der Waals surface area contributed by atoms with Gasteiger partial charge < -0.3 is 14.8 Å². The van der Waals surface area contributed by atoms with Gasteiger partial charge in [0.15, 0.2) is 0 Å². The van der Waals surface area contributed by atoms with Crippen LogP contribution in [0.25, 0.3) is 0 Å². The van der Waals surface area contributed by atoms with E-state index in [-0.39, 0.29) is 18.1 Å². The van der Waals surface area contributed by atoms with Gasteiger partial charge in [0.2, 0.25) is 5.91 Å². The van der Waals surface area contributed by atoms with Crippen molar-refractivity contribution in [2.45, 2.75) is 25.0 Å². The highest BCUT2D eigenvalue weighted by molar-refractivity contribution is 5.81. The fraction of sp³-hybridized carbons (Fsp3) is 0.875. The normalized spacial score (nSPS) is 29.8. The van der Waals surface area contributed by atoms with Crippen LogP contribution >= 0.6 is 0 Å². The molecule has 68 valence electrons. The smallest absolute Gasteiger partial charge is 0.249 e. The monoisotopic (exact) mass is 171 g/mol. The minimum Gasteiger partial charge on any atom is -0.377 e. The van der Waals surface area contributed by atoms with Crippen LogP contribution in [0, 0.1) is 0 Å². The maximum atomic E-state index is 11.4. The van der Waals surface area contributed by atoms with Crippen LogP contribution in [0.4, 0.5) is 0 Å². The Kier molecular flexibility index (Phi) is 2.28. The third kappa shape index (κ3) is 1.59. The van der Waals surface area contributed by atoms with E-state index in [0.29, 0.717) is 13.2 Å². The van der Waals surface area contributed by atoms with E-state index >= 15 is 0 Å². The quantitative estimate of drug-likeness (QED) is 0.619. The Balaban J connectivity index is 1.74. The Morgan fingerprint density at radius 1 is 1.42 bits per heavy atom. The van der Waals surface area contributed by atoms with Crippen molar-refractivity contribution in [3.8, 4) is 0 Å². The maximum absolute atomic E-state index is 11.4. The molecule has 0 unspecified atom stereocenters. The molecule has 0 aromatic heterocycles. The Labute approximate surface area is 71.2 Å². The SMILES string of the molecule is O=C(NC1COC1)[C@H]1CCCO1. The van der Waals surface area contributed by atoms with Crippen molar-refractivity contribution in [2.24, 2.45) is 0 Å². The zero-order valence-electron chi connectivity index (χ0n) is 6.91. The molecule has 1 amide bonds. The summed E-state index contributed by atoms with van der Waals surface area (Å²) in [6, 6.07) is 0.224. The third-order valence-corrected chi connectivity index (χ3v) is 2.21. The molecular formula is C8H13NO3. The molecule has 0 aromatic rings. The van der Waals surface area contributed by atoms with Gasteiger partial charge in [-0.05, 0) is 12.8 Å². The summed E-state index contributed by atoms with van der Waals surface area (Å²) in [4.78, 5) is 11.4. The van der Waals surface area contributed by atoms with Gasteiger partial charge in [-0.3, -0.25) is 4.79 Å². The van der Waals surface area contributed by atoms with Crippen molar-refractivity contribution in [3.63, 3.8) is 0 Å². The van der Waals surface area contributed by atoms with Crippen molar-refractivity contribution in [1.82, 2.24) is 5.32 Å². The molecule has 1 atom stereocenters. The van der Waals surface area contributed by atoms with Crippen LogP contribution in [0.15, 0.2) is 0 Å². The minimum atomic E-state index is -0.203. The van der Waals surface area contributed by atoms with Crippen LogP contribution in [0.5, 0.6) is 0 Å². The van der Waals surface area contributed by atoms with Crippen molar-refractivity contribution in [1.29, 1.82) is 0 Å². The molecule has 4 nitrogen and oxygen atoms in total. The maximum Gasteiger partial charge on any atom is 0.249 e. The zero-order chi connectivity index (χ0) is 8.39. The molecule has 0 aromatic carbocycles. The topological polar surface area (TPSA) is 47.6 Å². The zero-order valence-corrected chi connectivity index (χ0v) is 6.91. The molecule has 0 bridgehead atoms. The first-order valence-electron chi connectivity index (χ1n) is 4.36. The Morgan fingerprint density at radius 3 is 2.75 bits per heavy atom. The lowest BCUT2D eigenvalue weighted by Gasteiger charge is -2.27. The van der Waals surface area contributed by atoms with Gasteiger partial charge in [0.05, 0.1) is 19.3 Å². The fourth-order valence-electron chi connectivity index (χ4n) is 1.40. The lowest BCUT2D eigenvalue weighted by Crippen LogP contribution is -2.51. The molecule has 2 aliphatic heterocycles. The van der Waals surface area contributed by atoms with E-state index in [4.69, 9.17) is 9.47 Å². The first-order chi connectivity index (χ1) is 5.86. The van der Waals surface area contributed by atoms with Crippen LogP contribution in [0.3, 0.4) is 0 Å². The molecule has 0 spiro atoms. The lowest BCUT2D eigenvalue weighted by molar-refractivity contribution is -0.134. The van der Waals surface area contributed by atoms with Gasteiger partial charge in [-0.25, -0.2) is 0 Å². The number of nitrogens with one attached hydrogen (secondary N) is 1. The summed E-state index contributed by atoms with van der Waals surface area (Å²) in [6.07, 6.45) is 1.66. The van der Waals surface area contributed by atoms with E-state index in [1.54, 1.807) is 0 Å². The molecule has 4 heteroatoms. The molecule has 2 rings (SSSR count). The largest absolute Gasteiger partial charge is 0.377 e. The second-order valence-electron chi connectivity index (χ2n) is 3.24. The van der Waals surface area contributed by atoms with Crippen molar-refractivity contribution < 1.29 is 14.3 Å². The molecule has 12 heavy (non-hydrogen) atoms. The van der Waals surface area contributed by atoms with E-state index < -0.39 is 0 Å². The fourth-order valence-corrected chi connectivity index (χ4v) is 1.40. The number of ether oxygens (including phenoxy) is 2. The van der Waals surface area contributed by atoms with Crippen LogP contribution in [-0.4, -0.2) is 37.9 Å². The summed E-state index contributed by atoms with van der Waals surface area (Å²) in [5.41, 5.74) is 0. The van der Waals surface area contributed by atoms with Gasteiger partial charge in [-0.1, -0.05) is 0 Å². The predicted octanol–water partition coefficient (Wildman–Crippen LogP) is -0.320. The molecule has 1 N–H and O–H groups in total. The number of hydrogen-bond donors (Lipinski definition) is 1. The van der Waals surface area contributed by atoms with Crippen LogP contribution in [0.2, 0.25) is 0 Å². The number of carbonyl (C=O) groups is 1. The van der Waals surface area contributed by atoms with Crippen LogP contribution in [0.1, 0.15) is 12.8 Å². The first kappa shape index (κ1) is 8.01. The van der Waals surface area contributed by atoms with E-state index in [2.05, 4.69) is 5.32 Å². The highest BCUT2D eigenvalue weighted by atomic mass is 16.5. The molecule has 0 aliphatic carbocycles. The second-order valence-corrected chi connectivity index (χ2v) is 3.24. The van der Waals surface area contributed by atoms with Crippen molar-refractivity contribution in [3.05, 3.63) is 0 Å². The summed E-state index contributed by atoms with van der Waals surface area (Å²) in [5.74, 6) is 0.0285. The van der Waals surface area contributed by atoms with E-state index in [0.717, 1.165) is 19.4 Å². The van der Waals surface area contributed by atoms with Gasteiger partial charge >= 0.3 is 0 Å². The molecule has 2 aliphatic rings. The molecule has 0 radical (unpaired) electrons. The number of carbonyl (C=O) groups excluding carboxylic acids is 1. The lowest BCUT2D eigenvalue weighted by atomic mass is 10.2. The molecule has 0 saturated carbocycles. The summed E-state index contributed by atoms with van der Waals surface area (Å²) in [7, 11) is 0. The highest BCUT2D eigenvalue weighted by Gasteiger charge is 2.27. The Hall–Kier alpha value is -0.610. The van der Waals surface area contributed by atoms with Gasteiger partial charge in [-0.2, -0.15) is 0 Å². The third-order valence-electron chi connectivity index (χ3n) is 2.21.